The van der Waals surface area contributed by atoms with Crippen LogP contribution in [-0.2, 0) is 4.79 Å². The summed E-state index contributed by atoms with van der Waals surface area (Å²) in [6, 6.07) is 7.35. The lowest BCUT2D eigenvalue weighted by Crippen LogP contribution is -2.37. The summed E-state index contributed by atoms with van der Waals surface area (Å²) in [4.78, 5) is 11.7. The number of Topliss-reactive ketones (excluding diaryl/α,β-unsaturated/α-hetero) is 1. The fourth-order valence-electron chi connectivity index (χ4n) is 2.27. The van der Waals surface area contributed by atoms with E-state index < -0.39 is 6.10 Å². The Labute approximate surface area is 107 Å². The third-order valence-electron chi connectivity index (χ3n) is 3.38. The zero-order chi connectivity index (χ0) is 13.0. The van der Waals surface area contributed by atoms with Crippen molar-refractivity contribution in [2.24, 2.45) is 5.92 Å². The molecular weight excluding hydrogens is 230 g/mol. The molecule has 1 aromatic rings. The Morgan fingerprint density at radius 3 is 3.11 bits per heavy atom. The first-order valence-electron chi connectivity index (χ1n) is 6.26. The summed E-state index contributed by atoms with van der Waals surface area (Å²) in [7, 11) is 1.60. The molecule has 0 radical (unpaired) electrons. The number of hydrogen-bond donors (Lipinski definition) is 2. The van der Waals surface area contributed by atoms with E-state index in [1.165, 1.54) is 0 Å². The molecule has 0 amide bonds. The number of ketones is 1. The van der Waals surface area contributed by atoms with Crippen LogP contribution < -0.4 is 10.1 Å². The number of aliphatic hydroxyl groups is 1. The molecule has 0 bridgehead atoms. The van der Waals surface area contributed by atoms with Crippen LogP contribution in [0.3, 0.4) is 0 Å². The molecule has 1 fully saturated rings. The Balaban J connectivity index is 2.01. The molecule has 0 spiro atoms. The van der Waals surface area contributed by atoms with Gasteiger partial charge in [0.2, 0.25) is 0 Å². The molecule has 2 N–H and O–H groups in total. The number of rotatable bonds is 4. The van der Waals surface area contributed by atoms with Gasteiger partial charge in [0.15, 0.2) is 0 Å². The first-order chi connectivity index (χ1) is 8.70. The van der Waals surface area contributed by atoms with Crippen LogP contribution in [0.1, 0.15) is 24.5 Å². The summed E-state index contributed by atoms with van der Waals surface area (Å²) in [5.41, 5.74) is 0.799. The molecule has 1 saturated heterocycles. The number of piperidine rings is 1. The standard InChI is InChI=1S/C14H19NO3/c1-18-12-4-2-3-10(7-12)14(17)8-11-9-15-6-5-13(11)16/h2-4,7,11,14-15,17H,5-6,8-9H2,1H3. The van der Waals surface area contributed by atoms with Crippen molar-refractivity contribution in [2.75, 3.05) is 20.2 Å². The largest absolute Gasteiger partial charge is 0.497 e. The van der Waals surface area contributed by atoms with Gasteiger partial charge < -0.3 is 15.2 Å². The summed E-state index contributed by atoms with van der Waals surface area (Å²) in [6.45, 7) is 1.42. The Morgan fingerprint density at radius 2 is 2.39 bits per heavy atom. The van der Waals surface area contributed by atoms with E-state index in [-0.39, 0.29) is 11.7 Å². The van der Waals surface area contributed by atoms with E-state index in [9.17, 15) is 9.90 Å². The normalized spacial score (nSPS) is 21.7. The summed E-state index contributed by atoms with van der Waals surface area (Å²) >= 11 is 0. The molecule has 2 atom stereocenters. The fourth-order valence-corrected chi connectivity index (χ4v) is 2.27. The third-order valence-corrected chi connectivity index (χ3v) is 3.38. The van der Waals surface area contributed by atoms with Gasteiger partial charge >= 0.3 is 0 Å². The second kappa shape index (κ2) is 5.98. The molecule has 0 aromatic heterocycles. The van der Waals surface area contributed by atoms with Crippen molar-refractivity contribution in [3.05, 3.63) is 29.8 Å². The molecule has 4 heteroatoms. The molecule has 2 rings (SSSR count). The van der Waals surface area contributed by atoms with Crippen LogP contribution in [0.4, 0.5) is 0 Å². The number of hydrogen-bond acceptors (Lipinski definition) is 4. The first-order valence-corrected chi connectivity index (χ1v) is 6.26. The van der Waals surface area contributed by atoms with Crippen LogP contribution in [0.25, 0.3) is 0 Å². The number of benzene rings is 1. The topological polar surface area (TPSA) is 58.6 Å². The van der Waals surface area contributed by atoms with E-state index in [1.54, 1.807) is 7.11 Å². The average Bonchev–Trinajstić information content (AvgIpc) is 2.41. The van der Waals surface area contributed by atoms with Crippen LogP contribution in [0, 0.1) is 5.92 Å². The lowest BCUT2D eigenvalue weighted by atomic mass is 9.90. The monoisotopic (exact) mass is 249 g/mol. The summed E-state index contributed by atoms with van der Waals surface area (Å²) in [5.74, 6) is 0.885. The molecule has 98 valence electrons. The lowest BCUT2D eigenvalue weighted by molar-refractivity contribution is -0.124. The minimum Gasteiger partial charge on any atom is -0.497 e. The zero-order valence-electron chi connectivity index (χ0n) is 10.6. The van der Waals surface area contributed by atoms with Gasteiger partial charge in [-0.1, -0.05) is 12.1 Å². The number of nitrogens with one attached hydrogen (secondary N) is 1. The number of carbonyl (C=O) groups excluding carboxylic acids is 1. The van der Waals surface area contributed by atoms with Gasteiger partial charge in [-0.3, -0.25) is 4.79 Å². The van der Waals surface area contributed by atoms with E-state index >= 15 is 0 Å². The van der Waals surface area contributed by atoms with E-state index in [2.05, 4.69) is 5.32 Å². The van der Waals surface area contributed by atoms with Crippen LogP contribution in [0.15, 0.2) is 24.3 Å². The van der Waals surface area contributed by atoms with Crippen molar-refractivity contribution in [1.29, 1.82) is 0 Å². The number of aliphatic hydroxyl groups excluding tert-OH is 1. The fraction of sp³-hybridized carbons (Fsp3) is 0.500. The van der Waals surface area contributed by atoms with Crippen LogP contribution in [0.2, 0.25) is 0 Å². The summed E-state index contributed by atoms with van der Waals surface area (Å²) in [6.07, 6.45) is 0.419. The van der Waals surface area contributed by atoms with Crippen LogP contribution in [-0.4, -0.2) is 31.1 Å². The average molecular weight is 249 g/mol. The Bertz CT molecular complexity index is 419. The predicted octanol–water partition coefficient (Wildman–Crippen LogP) is 1.30. The van der Waals surface area contributed by atoms with Gasteiger partial charge in [0.25, 0.3) is 0 Å². The highest BCUT2D eigenvalue weighted by atomic mass is 16.5. The molecule has 0 saturated carbocycles. The molecular formula is C14H19NO3. The quantitative estimate of drug-likeness (QED) is 0.844. The Hall–Kier alpha value is -1.39. The molecule has 1 heterocycles. The van der Waals surface area contributed by atoms with Gasteiger partial charge in [0, 0.05) is 25.4 Å². The van der Waals surface area contributed by atoms with Crippen LogP contribution in [0.5, 0.6) is 5.75 Å². The van der Waals surface area contributed by atoms with E-state index in [0.29, 0.717) is 19.4 Å². The molecule has 0 aliphatic carbocycles. The Kier molecular flexibility index (Phi) is 4.33. The summed E-state index contributed by atoms with van der Waals surface area (Å²) < 4.78 is 5.13. The highest BCUT2D eigenvalue weighted by molar-refractivity contribution is 5.82. The maximum Gasteiger partial charge on any atom is 0.138 e. The van der Waals surface area contributed by atoms with E-state index in [0.717, 1.165) is 17.9 Å². The molecule has 1 aliphatic heterocycles. The lowest BCUT2D eigenvalue weighted by Gasteiger charge is -2.24. The highest BCUT2D eigenvalue weighted by Crippen LogP contribution is 2.25. The van der Waals surface area contributed by atoms with Crippen LogP contribution >= 0.6 is 0 Å². The third kappa shape index (κ3) is 3.09. The number of carbonyl (C=O) groups is 1. The van der Waals surface area contributed by atoms with Crippen molar-refractivity contribution in [2.45, 2.75) is 18.9 Å². The van der Waals surface area contributed by atoms with Gasteiger partial charge in [-0.05, 0) is 24.1 Å². The highest BCUT2D eigenvalue weighted by Gasteiger charge is 2.25. The van der Waals surface area contributed by atoms with Gasteiger partial charge in [0.1, 0.15) is 11.5 Å². The SMILES string of the molecule is COc1cccc(C(O)CC2CNCCC2=O)c1. The minimum absolute atomic E-state index is 0.0834. The van der Waals surface area contributed by atoms with Crippen molar-refractivity contribution in [3.8, 4) is 5.75 Å². The van der Waals surface area contributed by atoms with Gasteiger partial charge in [-0.15, -0.1) is 0 Å². The minimum atomic E-state index is -0.617. The second-order valence-corrected chi connectivity index (χ2v) is 4.65. The van der Waals surface area contributed by atoms with Crippen molar-refractivity contribution < 1.29 is 14.6 Å². The molecule has 18 heavy (non-hydrogen) atoms. The van der Waals surface area contributed by atoms with Crippen molar-refractivity contribution >= 4 is 5.78 Å². The second-order valence-electron chi connectivity index (χ2n) is 4.65. The first kappa shape index (κ1) is 13.1. The number of ether oxygens (including phenoxy) is 1. The number of methoxy groups -OCH3 is 1. The van der Waals surface area contributed by atoms with E-state index in [4.69, 9.17) is 4.74 Å². The van der Waals surface area contributed by atoms with Gasteiger partial charge in [0.05, 0.1) is 13.2 Å². The molecule has 4 nitrogen and oxygen atoms in total. The summed E-state index contributed by atoms with van der Waals surface area (Å²) in [5, 5.41) is 13.4. The van der Waals surface area contributed by atoms with Crippen molar-refractivity contribution in [1.82, 2.24) is 5.32 Å². The zero-order valence-corrected chi connectivity index (χ0v) is 10.6. The van der Waals surface area contributed by atoms with Gasteiger partial charge in [-0.25, -0.2) is 0 Å². The molecule has 1 aromatic carbocycles. The smallest absolute Gasteiger partial charge is 0.138 e. The molecule has 2 unspecified atom stereocenters. The Morgan fingerprint density at radius 1 is 1.56 bits per heavy atom. The van der Waals surface area contributed by atoms with Crippen molar-refractivity contribution in [3.63, 3.8) is 0 Å². The van der Waals surface area contributed by atoms with Gasteiger partial charge in [-0.2, -0.15) is 0 Å². The maximum atomic E-state index is 11.7. The van der Waals surface area contributed by atoms with E-state index in [1.807, 2.05) is 24.3 Å². The maximum absolute atomic E-state index is 11.7. The molecule has 1 aliphatic rings. The predicted molar refractivity (Wildman–Crippen MR) is 68.6 cm³/mol.